The Balaban J connectivity index is 2.10. The van der Waals surface area contributed by atoms with E-state index in [-0.39, 0.29) is 0 Å². The van der Waals surface area contributed by atoms with Gasteiger partial charge in [-0.3, -0.25) is 5.43 Å². The summed E-state index contributed by atoms with van der Waals surface area (Å²) in [6.45, 7) is 4.33. The van der Waals surface area contributed by atoms with Gasteiger partial charge in [-0.1, -0.05) is 31.5 Å². The summed E-state index contributed by atoms with van der Waals surface area (Å²) in [4.78, 5) is 6.83. The van der Waals surface area contributed by atoms with Crippen molar-refractivity contribution in [1.29, 1.82) is 0 Å². The van der Waals surface area contributed by atoms with Crippen LogP contribution in [-0.2, 0) is 0 Å². The van der Waals surface area contributed by atoms with Gasteiger partial charge in [0, 0.05) is 13.1 Å². The lowest BCUT2D eigenvalue weighted by Gasteiger charge is -2.34. The third kappa shape index (κ3) is 3.23. The van der Waals surface area contributed by atoms with Crippen LogP contribution in [0.5, 0.6) is 0 Å². The summed E-state index contributed by atoms with van der Waals surface area (Å²) < 4.78 is 0. The van der Waals surface area contributed by atoms with E-state index in [4.69, 9.17) is 5.84 Å². The molecule has 1 aromatic rings. The van der Waals surface area contributed by atoms with Gasteiger partial charge in [0.15, 0.2) is 0 Å². The summed E-state index contributed by atoms with van der Waals surface area (Å²) >= 11 is 0. The zero-order chi connectivity index (χ0) is 12.8. The lowest BCUT2D eigenvalue weighted by atomic mass is 9.96. The van der Waals surface area contributed by atoms with Crippen molar-refractivity contribution in [2.24, 2.45) is 16.8 Å². The second-order valence-electron chi connectivity index (χ2n) is 4.78. The maximum absolute atomic E-state index is 5.62. The molecular weight excluding hydrogens is 224 g/mol. The van der Waals surface area contributed by atoms with Crippen LogP contribution in [0, 0.1) is 5.92 Å². The Morgan fingerprint density at radius 2 is 2.22 bits per heavy atom. The first-order valence-corrected chi connectivity index (χ1v) is 6.68. The molecule has 0 aromatic heterocycles. The van der Waals surface area contributed by atoms with Crippen LogP contribution in [0.3, 0.4) is 0 Å². The smallest absolute Gasteiger partial charge is 0.213 e. The summed E-state index contributed by atoms with van der Waals surface area (Å²) in [5.41, 5.74) is 3.68. The minimum absolute atomic E-state index is 0.757. The van der Waals surface area contributed by atoms with Gasteiger partial charge in [0.2, 0.25) is 5.96 Å². The summed E-state index contributed by atoms with van der Waals surface area (Å²) in [5.74, 6) is 7.15. The number of piperidine rings is 1. The number of nitrogens with one attached hydrogen (secondary N) is 1. The van der Waals surface area contributed by atoms with Crippen LogP contribution >= 0.6 is 0 Å². The van der Waals surface area contributed by atoms with Crippen molar-refractivity contribution >= 4 is 11.6 Å². The highest BCUT2D eigenvalue weighted by Crippen LogP contribution is 2.20. The number of nitrogens with zero attached hydrogens (tertiary/aromatic N) is 2. The number of hydrogen-bond acceptors (Lipinski definition) is 2. The molecule has 0 saturated carbocycles. The quantitative estimate of drug-likeness (QED) is 0.364. The fraction of sp³-hybridized carbons (Fsp3) is 0.500. The molecule has 98 valence electrons. The van der Waals surface area contributed by atoms with Gasteiger partial charge < -0.3 is 4.90 Å². The molecule has 18 heavy (non-hydrogen) atoms. The summed E-state index contributed by atoms with van der Waals surface area (Å²) in [6.07, 6.45) is 3.75. The highest BCUT2D eigenvalue weighted by atomic mass is 15.4. The predicted molar refractivity (Wildman–Crippen MR) is 75.4 cm³/mol. The molecule has 1 aromatic carbocycles. The monoisotopic (exact) mass is 246 g/mol. The lowest BCUT2D eigenvalue weighted by Crippen LogP contribution is -2.48. The van der Waals surface area contributed by atoms with Crippen LogP contribution in [0.15, 0.2) is 35.3 Å². The van der Waals surface area contributed by atoms with Crippen molar-refractivity contribution in [2.45, 2.75) is 26.2 Å². The number of hydrogen-bond donors (Lipinski definition) is 2. The van der Waals surface area contributed by atoms with Crippen LogP contribution in [0.25, 0.3) is 0 Å². The molecule has 3 N–H and O–H groups in total. The third-order valence-electron chi connectivity index (χ3n) is 3.52. The molecule has 4 heteroatoms. The fourth-order valence-electron chi connectivity index (χ4n) is 2.41. The summed E-state index contributed by atoms with van der Waals surface area (Å²) in [6, 6.07) is 9.93. The number of aliphatic imine (C=N–C) groups is 1. The van der Waals surface area contributed by atoms with E-state index in [1.54, 1.807) is 0 Å². The molecule has 1 atom stereocenters. The first-order valence-electron chi connectivity index (χ1n) is 6.68. The molecule has 1 aliphatic heterocycles. The maximum Gasteiger partial charge on any atom is 0.213 e. The molecule has 2 rings (SSSR count). The van der Waals surface area contributed by atoms with Gasteiger partial charge in [-0.25, -0.2) is 10.8 Å². The van der Waals surface area contributed by atoms with Gasteiger partial charge >= 0.3 is 0 Å². The van der Waals surface area contributed by atoms with Crippen molar-refractivity contribution in [2.75, 3.05) is 13.1 Å². The van der Waals surface area contributed by atoms with E-state index in [9.17, 15) is 0 Å². The van der Waals surface area contributed by atoms with E-state index in [1.165, 1.54) is 19.3 Å². The number of hydrazine groups is 1. The lowest BCUT2D eigenvalue weighted by molar-refractivity contribution is 0.247. The summed E-state index contributed by atoms with van der Waals surface area (Å²) in [5, 5.41) is 0. The van der Waals surface area contributed by atoms with E-state index >= 15 is 0 Å². The Labute approximate surface area is 109 Å². The molecule has 1 aliphatic rings. The number of rotatable bonds is 2. The Morgan fingerprint density at radius 3 is 2.89 bits per heavy atom. The van der Waals surface area contributed by atoms with Crippen molar-refractivity contribution < 1.29 is 0 Å². The second-order valence-corrected chi connectivity index (χ2v) is 4.78. The molecule has 0 amide bonds. The highest BCUT2D eigenvalue weighted by Gasteiger charge is 2.20. The van der Waals surface area contributed by atoms with Crippen LogP contribution in [0.2, 0.25) is 0 Å². The fourth-order valence-corrected chi connectivity index (χ4v) is 2.41. The Morgan fingerprint density at radius 1 is 1.44 bits per heavy atom. The van der Waals surface area contributed by atoms with Gasteiger partial charge in [-0.15, -0.1) is 0 Å². The number of benzene rings is 1. The average molecular weight is 246 g/mol. The first kappa shape index (κ1) is 12.9. The molecule has 0 spiro atoms. The highest BCUT2D eigenvalue weighted by molar-refractivity contribution is 5.82. The molecule has 4 nitrogen and oxygen atoms in total. The molecule has 1 fully saturated rings. The predicted octanol–water partition coefficient (Wildman–Crippen LogP) is 2.26. The molecule has 0 radical (unpaired) electrons. The topological polar surface area (TPSA) is 53.6 Å². The van der Waals surface area contributed by atoms with E-state index < -0.39 is 0 Å². The van der Waals surface area contributed by atoms with Crippen molar-refractivity contribution in [3.63, 3.8) is 0 Å². The van der Waals surface area contributed by atoms with Crippen molar-refractivity contribution in [3.05, 3.63) is 30.3 Å². The standard InChI is InChI=1S/C14H22N4/c1-2-12-7-6-10-18(11-12)14(17-15)16-13-8-4-3-5-9-13/h3-5,8-9,12H,2,6-7,10-11,15H2,1H3,(H,16,17). The molecule has 1 saturated heterocycles. The van der Waals surface area contributed by atoms with Crippen molar-refractivity contribution in [1.82, 2.24) is 10.3 Å². The van der Waals surface area contributed by atoms with E-state index in [0.717, 1.165) is 30.7 Å². The van der Waals surface area contributed by atoms with E-state index in [1.807, 2.05) is 30.3 Å². The van der Waals surface area contributed by atoms with Crippen LogP contribution in [0.4, 0.5) is 5.69 Å². The maximum atomic E-state index is 5.62. The van der Waals surface area contributed by atoms with E-state index in [2.05, 4.69) is 22.2 Å². The number of guanidine groups is 1. The normalized spacial score (nSPS) is 20.9. The molecule has 1 heterocycles. The van der Waals surface area contributed by atoms with Gasteiger partial charge in [0.05, 0.1) is 5.69 Å². The first-order chi connectivity index (χ1) is 8.83. The van der Waals surface area contributed by atoms with Gasteiger partial charge in [-0.05, 0) is 30.9 Å². The van der Waals surface area contributed by atoms with Crippen LogP contribution in [-0.4, -0.2) is 23.9 Å². The van der Waals surface area contributed by atoms with Crippen LogP contribution < -0.4 is 11.3 Å². The van der Waals surface area contributed by atoms with Crippen LogP contribution in [0.1, 0.15) is 26.2 Å². The van der Waals surface area contributed by atoms with Gasteiger partial charge in [0.25, 0.3) is 0 Å². The number of nitrogens with two attached hydrogens (primary N) is 1. The molecule has 1 unspecified atom stereocenters. The van der Waals surface area contributed by atoms with Crippen molar-refractivity contribution in [3.8, 4) is 0 Å². The second kappa shape index (κ2) is 6.40. The Hall–Kier alpha value is -1.55. The molecule has 0 aliphatic carbocycles. The van der Waals surface area contributed by atoms with E-state index in [0.29, 0.717) is 0 Å². The molecular formula is C14H22N4. The summed E-state index contributed by atoms with van der Waals surface area (Å²) in [7, 11) is 0. The zero-order valence-electron chi connectivity index (χ0n) is 11.0. The van der Waals surface area contributed by atoms with Gasteiger partial charge in [-0.2, -0.15) is 0 Å². The minimum Gasteiger partial charge on any atom is -0.341 e. The largest absolute Gasteiger partial charge is 0.341 e. The number of para-hydroxylation sites is 1. The minimum atomic E-state index is 0.757. The Bertz CT molecular complexity index is 388. The third-order valence-corrected chi connectivity index (χ3v) is 3.52. The number of likely N-dealkylation sites (tertiary alicyclic amines) is 1. The molecule has 0 bridgehead atoms. The average Bonchev–Trinajstić information content (AvgIpc) is 2.46. The Kier molecular flexibility index (Phi) is 4.59. The zero-order valence-corrected chi connectivity index (χ0v) is 11.0. The SMILES string of the molecule is CCC1CCCN(C(=Nc2ccccc2)NN)C1. The van der Waals surface area contributed by atoms with Gasteiger partial charge in [0.1, 0.15) is 0 Å².